The molecule has 2 aliphatic heterocycles. The Kier molecular flexibility index (Phi) is 8.76. The third-order valence-electron chi connectivity index (χ3n) is 5.84. The monoisotopic (exact) mass is 432 g/mol. The summed E-state index contributed by atoms with van der Waals surface area (Å²) >= 11 is 6.03. The molecule has 0 bridgehead atoms. The first kappa shape index (κ1) is 22.8. The summed E-state index contributed by atoms with van der Waals surface area (Å²) in [6, 6.07) is 7.17. The van der Waals surface area contributed by atoms with Gasteiger partial charge in [-0.1, -0.05) is 75.6 Å². The molecule has 0 aromatic heterocycles. The van der Waals surface area contributed by atoms with E-state index in [9.17, 15) is 9.59 Å². The van der Waals surface area contributed by atoms with Crippen molar-refractivity contribution in [3.8, 4) is 0 Å². The minimum Gasteiger partial charge on any atom is -0.378 e. The van der Waals surface area contributed by atoms with E-state index < -0.39 is 0 Å². The number of carbonyl (C=O) groups is 2. The van der Waals surface area contributed by atoms with Crippen molar-refractivity contribution in [1.82, 2.24) is 9.80 Å². The van der Waals surface area contributed by atoms with Gasteiger partial charge in [0.2, 0.25) is 0 Å². The van der Waals surface area contributed by atoms with Crippen LogP contribution in [0.25, 0.3) is 5.57 Å². The van der Waals surface area contributed by atoms with Crippen LogP contribution < -0.4 is 0 Å². The number of rotatable bonds is 11. The number of benzene rings is 1. The summed E-state index contributed by atoms with van der Waals surface area (Å²) in [6.07, 6.45) is 9.44. The number of morpholine rings is 1. The van der Waals surface area contributed by atoms with Crippen LogP contribution in [0.5, 0.6) is 0 Å². The number of halogens is 1. The molecule has 3 rings (SSSR count). The Morgan fingerprint density at radius 1 is 0.867 bits per heavy atom. The third-order valence-corrected chi connectivity index (χ3v) is 6.09. The van der Waals surface area contributed by atoms with E-state index in [4.69, 9.17) is 16.3 Å². The molecule has 0 unspecified atom stereocenters. The van der Waals surface area contributed by atoms with Gasteiger partial charge in [0.25, 0.3) is 11.8 Å². The summed E-state index contributed by atoms with van der Waals surface area (Å²) in [5, 5.41) is 0.611. The van der Waals surface area contributed by atoms with E-state index in [1.165, 1.54) is 37.0 Å². The molecular formula is C24H33ClN2O3. The van der Waals surface area contributed by atoms with E-state index in [-0.39, 0.29) is 11.8 Å². The summed E-state index contributed by atoms with van der Waals surface area (Å²) in [5.74, 6) is -0.360. The number of amides is 2. The number of nitrogens with zero attached hydrogens (tertiary/aromatic N) is 2. The highest BCUT2D eigenvalue weighted by atomic mass is 35.5. The first-order valence-corrected chi connectivity index (χ1v) is 11.7. The van der Waals surface area contributed by atoms with Gasteiger partial charge in [-0.3, -0.25) is 14.5 Å². The smallest absolute Gasteiger partial charge is 0.277 e. The fraction of sp³-hybridized carbons (Fsp3) is 0.583. The summed E-state index contributed by atoms with van der Waals surface area (Å²) in [5.41, 5.74) is 1.76. The second kappa shape index (κ2) is 11.5. The van der Waals surface area contributed by atoms with E-state index in [1.807, 2.05) is 17.0 Å². The van der Waals surface area contributed by atoms with E-state index in [0.717, 1.165) is 24.8 Å². The Morgan fingerprint density at radius 3 is 2.10 bits per heavy atom. The average Bonchev–Trinajstić information content (AvgIpc) is 3.01. The molecule has 0 atom stereocenters. The zero-order valence-corrected chi connectivity index (χ0v) is 18.8. The number of carbonyl (C=O) groups excluding carboxylic acids is 2. The standard InChI is InChI=1S/C24H33ClN2O3/c1-2-3-4-5-6-7-8-9-14-27-23(28)21(19-10-12-20(25)13-11-19)22(24(27)29)26-15-17-30-18-16-26/h10-13H,2-9,14-18H2,1H3. The zero-order chi connectivity index (χ0) is 21.3. The van der Waals surface area contributed by atoms with Gasteiger partial charge in [0, 0.05) is 24.7 Å². The molecule has 0 spiro atoms. The maximum Gasteiger partial charge on any atom is 0.277 e. The summed E-state index contributed by atoms with van der Waals surface area (Å²) in [7, 11) is 0. The van der Waals surface area contributed by atoms with Gasteiger partial charge in [0.05, 0.1) is 18.8 Å². The largest absolute Gasteiger partial charge is 0.378 e. The molecule has 0 N–H and O–H groups in total. The quantitative estimate of drug-likeness (QED) is 0.369. The van der Waals surface area contributed by atoms with Crippen molar-refractivity contribution < 1.29 is 14.3 Å². The van der Waals surface area contributed by atoms with Crippen LogP contribution >= 0.6 is 11.6 Å². The molecule has 30 heavy (non-hydrogen) atoms. The number of hydrogen-bond acceptors (Lipinski definition) is 4. The van der Waals surface area contributed by atoms with Crippen LogP contribution in [-0.2, 0) is 14.3 Å². The van der Waals surface area contributed by atoms with Crippen LogP contribution in [0.4, 0.5) is 0 Å². The van der Waals surface area contributed by atoms with E-state index >= 15 is 0 Å². The molecule has 0 radical (unpaired) electrons. The number of unbranched alkanes of at least 4 members (excludes halogenated alkanes) is 7. The normalized spacial score (nSPS) is 17.4. The highest BCUT2D eigenvalue weighted by Gasteiger charge is 2.41. The molecule has 2 heterocycles. The topological polar surface area (TPSA) is 49.9 Å². The summed E-state index contributed by atoms with van der Waals surface area (Å²) < 4.78 is 5.44. The van der Waals surface area contributed by atoms with Crippen LogP contribution in [0, 0.1) is 0 Å². The lowest BCUT2D eigenvalue weighted by atomic mass is 10.0. The first-order valence-electron chi connectivity index (χ1n) is 11.3. The second-order valence-electron chi connectivity index (χ2n) is 8.07. The molecule has 6 heteroatoms. The van der Waals surface area contributed by atoms with Crippen molar-refractivity contribution in [3.05, 3.63) is 40.5 Å². The van der Waals surface area contributed by atoms with E-state index in [1.54, 1.807) is 12.1 Å². The lowest BCUT2D eigenvalue weighted by Gasteiger charge is -2.29. The van der Waals surface area contributed by atoms with Crippen LogP contribution in [0.1, 0.15) is 63.9 Å². The molecule has 1 aromatic carbocycles. The maximum absolute atomic E-state index is 13.2. The predicted octanol–water partition coefficient (Wildman–Crippen LogP) is 4.89. The predicted molar refractivity (Wildman–Crippen MR) is 120 cm³/mol. The van der Waals surface area contributed by atoms with Crippen molar-refractivity contribution >= 4 is 29.0 Å². The molecule has 0 aliphatic carbocycles. The van der Waals surface area contributed by atoms with Gasteiger partial charge in [0.15, 0.2) is 0 Å². The van der Waals surface area contributed by atoms with Crippen molar-refractivity contribution in [2.75, 3.05) is 32.8 Å². The highest BCUT2D eigenvalue weighted by molar-refractivity contribution is 6.36. The molecule has 1 fully saturated rings. The van der Waals surface area contributed by atoms with Crippen molar-refractivity contribution in [1.29, 1.82) is 0 Å². The SMILES string of the molecule is CCCCCCCCCCN1C(=O)C(c2ccc(Cl)cc2)=C(N2CCOCC2)C1=O. The number of ether oxygens (including phenoxy) is 1. The van der Waals surface area contributed by atoms with Crippen LogP contribution in [-0.4, -0.2) is 54.5 Å². The fourth-order valence-corrected chi connectivity index (χ4v) is 4.25. The molecule has 1 saturated heterocycles. The zero-order valence-electron chi connectivity index (χ0n) is 18.0. The van der Waals surface area contributed by atoms with Crippen LogP contribution in [0.15, 0.2) is 30.0 Å². The molecule has 2 amide bonds. The Bertz CT molecular complexity index is 754. The number of hydrogen-bond donors (Lipinski definition) is 0. The molecule has 164 valence electrons. The summed E-state index contributed by atoms with van der Waals surface area (Å²) in [4.78, 5) is 29.9. The van der Waals surface area contributed by atoms with Gasteiger partial charge in [-0.2, -0.15) is 0 Å². The second-order valence-corrected chi connectivity index (χ2v) is 8.50. The Hall–Kier alpha value is -1.85. The van der Waals surface area contributed by atoms with Gasteiger partial charge in [-0.25, -0.2) is 0 Å². The minimum atomic E-state index is -0.188. The third kappa shape index (κ3) is 5.64. The lowest BCUT2D eigenvalue weighted by molar-refractivity contribution is -0.137. The van der Waals surface area contributed by atoms with E-state index in [2.05, 4.69) is 6.92 Å². The Morgan fingerprint density at radius 2 is 1.47 bits per heavy atom. The van der Waals surface area contributed by atoms with Gasteiger partial charge in [-0.05, 0) is 24.1 Å². The molecule has 2 aliphatic rings. The van der Waals surface area contributed by atoms with E-state index in [0.29, 0.717) is 49.1 Å². The van der Waals surface area contributed by atoms with Crippen molar-refractivity contribution in [3.63, 3.8) is 0 Å². The molecule has 1 aromatic rings. The van der Waals surface area contributed by atoms with Crippen LogP contribution in [0.2, 0.25) is 5.02 Å². The molecular weight excluding hydrogens is 400 g/mol. The lowest BCUT2D eigenvalue weighted by Crippen LogP contribution is -2.40. The Balaban J connectivity index is 1.66. The van der Waals surface area contributed by atoms with Crippen molar-refractivity contribution in [2.45, 2.75) is 58.3 Å². The first-order chi connectivity index (χ1) is 14.6. The highest BCUT2D eigenvalue weighted by Crippen LogP contribution is 2.33. The molecule has 5 nitrogen and oxygen atoms in total. The van der Waals surface area contributed by atoms with Gasteiger partial charge >= 0.3 is 0 Å². The van der Waals surface area contributed by atoms with Crippen LogP contribution in [0.3, 0.4) is 0 Å². The molecule has 0 saturated carbocycles. The Labute approximate surface area is 185 Å². The maximum atomic E-state index is 13.2. The van der Waals surface area contributed by atoms with Gasteiger partial charge in [0.1, 0.15) is 5.70 Å². The van der Waals surface area contributed by atoms with Gasteiger partial charge < -0.3 is 9.64 Å². The minimum absolute atomic E-state index is 0.171. The average molecular weight is 433 g/mol. The van der Waals surface area contributed by atoms with Crippen molar-refractivity contribution in [2.24, 2.45) is 0 Å². The number of imide groups is 1. The fourth-order valence-electron chi connectivity index (χ4n) is 4.13. The summed E-state index contributed by atoms with van der Waals surface area (Å²) in [6.45, 7) is 5.08. The van der Waals surface area contributed by atoms with Gasteiger partial charge in [-0.15, -0.1) is 0 Å².